The largest absolute Gasteiger partial charge is 0.486 e. The highest BCUT2D eigenvalue weighted by Crippen LogP contribution is 2.31. The molecule has 1 aliphatic heterocycles. The molecule has 1 aliphatic rings. The highest BCUT2D eigenvalue weighted by molar-refractivity contribution is 5.92. The van der Waals surface area contributed by atoms with Crippen LogP contribution in [0, 0.1) is 0 Å². The van der Waals surface area contributed by atoms with Crippen molar-refractivity contribution in [1.29, 1.82) is 0 Å². The predicted octanol–water partition coefficient (Wildman–Crippen LogP) is 3.30. The molecule has 0 radical (unpaired) electrons. The van der Waals surface area contributed by atoms with E-state index < -0.39 is 0 Å². The number of carbonyl (C=O) groups is 1. The van der Waals surface area contributed by atoms with Crippen molar-refractivity contribution in [2.45, 2.75) is 12.5 Å². The van der Waals surface area contributed by atoms with Gasteiger partial charge in [-0.15, -0.1) is 6.58 Å². The van der Waals surface area contributed by atoms with Crippen LogP contribution in [0.1, 0.15) is 23.6 Å². The number of hydrogen-bond acceptors (Lipinski definition) is 4. The topological polar surface area (TPSA) is 60.5 Å². The summed E-state index contributed by atoms with van der Waals surface area (Å²) in [5, 5.41) is 2.99. The number of aromatic nitrogens is 1. The van der Waals surface area contributed by atoms with Crippen molar-refractivity contribution in [3.63, 3.8) is 0 Å². The van der Waals surface area contributed by atoms with Gasteiger partial charge in [0.25, 0.3) is 0 Å². The van der Waals surface area contributed by atoms with Crippen LogP contribution in [0.25, 0.3) is 6.08 Å². The fraction of sp³-hybridized carbons (Fsp3) is 0.200. The lowest BCUT2D eigenvalue weighted by atomic mass is 10.1. The highest BCUT2D eigenvalue weighted by Gasteiger charge is 2.12. The van der Waals surface area contributed by atoms with Crippen molar-refractivity contribution in [2.75, 3.05) is 13.2 Å². The summed E-state index contributed by atoms with van der Waals surface area (Å²) in [5.74, 6) is 1.27. The molecule has 1 aromatic heterocycles. The number of pyridine rings is 1. The van der Waals surface area contributed by atoms with Gasteiger partial charge in [-0.25, -0.2) is 0 Å². The summed E-state index contributed by atoms with van der Waals surface area (Å²) in [7, 11) is 0. The molecule has 2 aromatic rings. The minimum absolute atomic E-state index is 0.127. The smallest absolute Gasteiger partial charge is 0.244 e. The average molecular weight is 336 g/mol. The Bertz CT molecular complexity index is 772. The fourth-order valence-corrected chi connectivity index (χ4v) is 2.60. The first-order valence-corrected chi connectivity index (χ1v) is 8.15. The minimum atomic E-state index is -0.168. The Morgan fingerprint density at radius 2 is 1.96 bits per heavy atom. The Kier molecular flexibility index (Phi) is 5.46. The molecule has 0 spiro atoms. The fourth-order valence-electron chi connectivity index (χ4n) is 2.60. The van der Waals surface area contributed by atoms with E-state index in [0.29, 0.717) is 25.4 Å². The van der Waals surface area contributed by atoms with Gasteiger partial charge in [-0.1, -0.05) is 12.1 Å². The van der Waals surface area contributed by atoms with Gasteiger partial charge in [0.05, 0.1) is 6.04 Å². The molecule has 25 heavy (non-hydrogen) atoms. The van der Waals surface area contributed by atoms with Crippen molar-refractivity contribution in [3.05, 3.63) is 72.6 Å². The van der Waals surface area contributed by atoms with Crippen LogP contribution in [0.4, 0.5) is 0 Å². The second kappa shape index (κ2) is 8.15. The van der Waals surface area contributed by atoms with Gasteiger partial charge < -0.3 is 14.8 Å². The molecule has 128 valence electrons. The summed E-state index contributed by atoms with van der Waals surface area (Å²) in [4.78, 5) is 16.3. The van der Waals surface area contributed by atoms with Crippen molar-refractivity contribution < 1.29 is 14.3 Å². The first-order valence-electron chi connectivity index (χ1n) is 8.15. The number of rotatable bonds is 6. The number of nitrogens with one attached hydrogen (secondary N) is 1. The van der Waals surface area contributed by atoms with E-state index in [9.17, 15) is 4.79 Å². The zero-order chi connectivity index (χ0) is 17.5. The van der Waals surface area contributed by atoms with Crippen molar-refractivity contribution in [2.24, 2.45) is 0 Å². The van der Waals surface area contributed by atoms with Crippen molar-refractivity contribution in [1.82, 2.24) is 10.3 Å². The summed E-state index contributed by atoms with van der Waals surface area (Å²) in [5.41, 5.74) is 1.87. The van der Waals surface area contributed by atoms with Crippen LogP contribution in [0.3, 0.4) is 0 Å². The highest BCUT2D eigenvalue weighted by atomic mass is 16.6. The average Bonchev–Trinajstić information content (AvgIpc) is 2.66. The van der Waals surface area contributed by atoms with E-state index in [1.165, 1.54) is 6.08 Å². The number of benzene rings is 1. The summed E-state index contributed by atoms with van der Waals surface area (Å²) >= 11 is 0. The lowest BCUT2D eigenvalue weighted by molar-refractivity contribution is -0.117. The third kappa shape index (κ3) is 4.47. The number of fused-ring (bicyclic) bond motifs is 1. The Labute approximate surface area is 147 Å². The predicted molar refractivity (Wildman–Crippen MR) is 96.4 cm³/mol. The molecular weight excluding hydrogens is 316 g/mol. The van der Waals surface area contributed by atoms with E-state index in [2.05, 4.69) is 16.9 Å². The Morgan fingerprint density at radius 1 is 1.20 bits per heavy atom. The molecule has 1 atom stereocenters. The van der Waals surface area contributed by atoms with E-state index in [-0.39, 0.29) is 11.9 Å². The Balaban J connectivity index is 1.66. The monoisotopic (exact) mass is 336 g/mol. The van der Waals surface area contributed by atoms with Crippen molar-refractivity contribution >= 4 is 12.0 Å². The second-order valence-electron chi connectivity index (χ2n) is 5.60. The Morgan fingerprint density at radius 3 is 2.72 bits per heavy atom. The lowest BCUT2D eigenvalue weighted by Gasteiger charge is -2.18. The molecule has 1 N–H and O–H groups in total. The van der Waals surface area contributed by atoms with Gasteiger partial charge in [0.15, 0.2) is 11.5 Å². The standard InChI is InChI=1S/C20H20N2O3/c1-2-3-17(16-8-10-21-11-9-16)22-20(23)7-5-15-4-6-18-19(14-15)25-13-12-24-18/h2,4-11,14,17H,1,3,12-13H2,(H,22,23)/b7-5+. The van der Waals surface area contributed by atoms with Crippen LogP contribution < -0.4 is 14.8 Å². The van der Waals surface area contributed by atoms with Gasteiger partial charge in [0, 0.05) is 18.5 Å². The van der Waals surface area contributed by atoms with Gasteiger partial charge in [0.2, 0.25) is 5.91 Å². The molecule has 1 aromatic carbocycles. The molecule has 1 amide bonds. The molecule has 0 bridgehead atoms. The minimum Gasteiger partial charge on any atom is -0.486 e. The van der Waals surface area contributed by atoms with Crippen LogP contribution in [-0.2, 0) is 4.79 Å². The van der Waals surface area contributed by atoms with Crippen molar-refractivity contribution in [3.8, 4) is 11.5 Å². The third-order valence-corrected chi connectivity index (χ3v) is 3.82. The molecule has 2 heterocycles. The molecule has 0 fully saturated rings. The number of amides is 1. The lowest BCUT2D eigenvalue weighted by Crippen LogP contribution is -2.26. The summed E-state index contributed by atoms with van der Waals surface area (Å²) in [6, 6.07) is 9.25. The SMILES string of the molecule is C=CCC(NC(=O)/C=C/c1ccc2c(c1)OCCO2)c1ccncc1. The van der Waals surface area contributed by atoms with E-state index >= 15 is 0 Å². The quantitative estimate of drug-likeness (QED) is 0.649. The number of hydrogen-bond donors (Lipinski definition) is 1. The first-order chi connectivity index (χ1) is 12.3. The molecule has 0 saturated carbocycles. The van der Waals surface area contributed by atoms with Gasteiger partial charge in [-0.05, 0) is 47.9 Å². The van der Waals surface area contributed by atoms with Gasteiger partial charge in [-0.3, -0.25) is 9.78 Å². The van der Waals surface area contributed by atoms with Gasteiger partial charge in [-0.2, -0.15) is 0 Å². The first kappa shape index (κ1) is 16.8. The maximum Gasteiger partial charge on any atom is 0.244 e. The summed E-state index contributed by atoms with van der Waals surface area (Å²) < 4.78 is 11.0. The molecule has 3 rings (SSSR count). The summed E-state index contributed by atoms with van der Waals surface area (Å²) in [6.07, 6.45) is 9.13. The molecule has 0 saturated heterocycles. The van der Waals surface area contributed by atoms with Gasteiger partial charge in [0.1, 0.15) is 13.2 Å². The van der Waals surface area contributed by atoms with Crippen LogP contribution in [0.15, 0.2) is 61.5 Å². The van der Waals surface area contributed by atoms with Crippen LogP contribution >= 0.6 is 0 Å². The normalized spacial score (nSPS) is 14.1. The number of carbonyl (C=O) groups excluding carboxylic acids is 1. The van der Waals surface area contributed by atoms with Crippen LogP contribution in [0.5, 0.6) is 11.5 Å². The molecular formula is C20H20N2O3. The Hall–Kier alpha value is -3.08. The van der Waals surface area contributed by atoms with Crippen LogP contribution in [0.2, 0.25) is 0 Å². The zero-order valence-electron chi connectivity index (χ0n) is 13.9. The number of nitrogens with zero attached hydrogens (tertiary/aromatic N) is 1. The molecule has 5 heteroatoms. The maximum atomic E-state index is 12.3. The molecule has 0 aliphatic carbocycles. The van der Waals surface area contributed by atoms with Gasteiger partial charge >= 0.3 is 0 Å². The molecule has 5 nitrogen and oxygen atoms in total. The number of ether oxygens (including phenoxy) is 2. The van der Waals surface area contributed by atoms with E-state index in [1.54, 1.807) is 24.5 Å². The van der Waals surface area contributed by atoms with Crippen LogP contribution in [-0.4, -0.2) is 24.1 Å². The van der Waals surface area contributed by atoms with E-state index in [4.69, 9.17) is 9.47 Å². The maximum absolute atomic E-state index is 12.3. The van der Waals surface area contributed by atoms with E-state index in [0.717, 1.165) is 16.9 Å². The second-order valence-corrected chi connectivity index (χ2v) is 5.60. The molecule has 1 unspecified atom stereocenters. The summed E-state index contributed by atoms with van der Waals surface area (Å²) in [6.45, 7) is 4.85. The third-order valence-electron chi connectivity index (χ3n) is 3.82. The zero-order valence-corrected chi connectivity index (χ0v) is 13.9. The van der Waals surface area contributed by atoms with E-state index in [1.807, 2.05) is 30.3 Å².